The lowest BCUT2D eigenvalue weighted by molar-refractivity contribution is -0.120. The maximum Gasteiger partial charge on any atom is 0.238 e. The highest BCUT2D eigenvalue weighted by atomic mass is 32.2. The van der Waals surface area contributed by atoms with Gasteiger partial charge in [-0.3, -0.25) is 14.4 Å². The number of benzene rings is 2. The summed E-state index contributed by atoms with van der Waals surface area (Å²) in [6.07, 6.45) is 0.0826. The van der Waals surface area contributed by atoms with Gasteiger partial charge in [-0.2, -0.15) is 0 Å². The highest BCUT2D eigenvalue weighted by Gasteiger charge is 2.28. The zero-order chi connectivity index (χ0) is 17.1. The van der Waals surface area contributed by atoms with E-state index in [2.05, 4.69) is 10.6 Å². The molecule has 0 aliphatic carbocycles. The molecule has 1 atom stereocenters. The monoisotopic (exact) mass is 340 g/mol. The van der Waals surface area contributed by atoms with Crippen LogP contribution in [0.1, 0.15) is 23.7 Å². The van der Waals surface area contributed by atoms with Crippen LogP contribution < -0.4 is 10.6 Å². The first-order valence-electron chi connectivity index (χ1n) is 7.50. The Morgan fingerprint density at radius 1 is 1.12 bits per heavy atom. The first kappa shape index (κ1) is 16.3. The van der Waals surface area contributed by atoms with E-state index in [1.165, 1.54) is 18.7 Å². The molecule has 6 heteroatoms. The average Bonchev–Trinajstić information content (AvgIpc) is 2.56. The van der Waals surface area contributed by atoms with Crippen LogP contribution in [0.3, 0.4) is 0 Å². The second-order valence-corrected chi connectivity index (χ2v) is 6.72. The summed E-state index contributed by atoms with van der Waals surface area (Å²) in [5.74, 6) is -0.430. The second kappa shape index (κ2) is 6.88. The minimum atomic E-state index is -0.462. The third-order valence-corrected chi connectivity index (χ3v) is 4.93. The lowest BCUT2D eigenvalue weighted by Crippen LogP contribution is -2.32. The molecule has 2 N–H and O–H groups in total. The summed E-state index contributed by atoms with van der Waals surface area (Å²) in [4.78, 5) is 36.5. The number of thioether (sulfide) groups is 1. The predicted octanol–water partition coefficient (Wildman–Crippen LogP) is 3.33. The van der Waals surface area contributed by atoms with Crippen LogP contribution >= 0.6 is 11.8 Å². The van der Waals surface area contributed by atoms with Gasteiger partial charge in [0.1, 0.15) is 0 Å². The number of amides is 2. The zero-order valence-corrected chi connectivity index (χ0v) is 13.9. The number of fused-ring (bicyclic) bond motifs is 1. The van der Waals surface area contributed by atoms with Crippen molar-refractivity contribution in [2.24, 2.45) is 0 Å². The van der Waals surface area contributed by atoms with Gasteiger partial charge in [-0.15, -0.1) is 11.8 Å². The van der Waals surface area contributed by atoms with Crippen molar-refractivity contribution in [3.63, 3.8) is 0 Å². The van der Waals surface area contributed by atoms with Gasteiger partial charge in [0.15, 0.2) is 5.78 Å². The molecule has 2 aromatic carbocycles. The summed E-state index contributed by atoms with van der Waals surface area (Å²) in [5.41, 5.74) is 1.97. The van der Waals surface area contributed by atoms with Gasteiger partial charge in [0.25, 0.3) is 0 Å². The van der Waals surface area contributed by atoms with Crippen molar-refractivity contribution in [2.45, 2.75) is 23.5 Å². The molecule has 0 radical (unpaired) electrons. The summed E-state index contributed by atoms with van der Waals surface area (Å²) in [5, 5.41) is 5.12. The topological polar surface area (TPSA) is 75.3 Å². The van der Waals surface area contributed by atoms with Crippen LogP contribution in [0.2, 0.25) is 0 Å². The molecule has 1 heterocycles. The Hall–Kier alpha value is -2.60. The minimum Gasteiger partial charge on any atom is -0.326 e. The molecule has 5 nitrogen and oxygen atoms in total. The van der Waals surface area contributed by atoms with Crippen molar-refractivity contribution < 1.29 is 14.4 Å². The molecule has 0 bridgehead atoms. The van der Waals surface area contributed by atoms with Crippen molar-refractivity contribution >= 4 is 40.7 Å². The normalized spacial score (nSPS) is 16.0. The number of rotatable bonds is 4. The Bertz CT molecular complexity index is 802. The largest absolute Gasteiger partial charge is 0.326 e. The minimum absolute atomic E-state index is 0.0261. The quantitative estimate of drug-likeness (QED) is 0.837. The van der Waals surface area contributed by atoms with Crippen LogP contribution in [-0.4, -0.2) is 22.8 Å². The fraction of sp³-hybridized carbons (Fsp3) is 0.167. The van der Waals surface area contributed by atoms with Crippen LogP contribution in [0.5, 0.6) is 0 Å². The van der Waals surface area contributed by atoms with Crippen molar-refractivity contribution in [1.29, 1.82) is 0 Å². The maximum absolute atomic E-state index is 12.2. The molecule has 0 saturated carbocycles. The fourth-order valence-electron chi connectivity index (χ4n) is 2.40. The molecule has 0 spiro atoms. The van der Waals surface area contributed by atoms with Gasteiger partial charge >= 0.3 is 0 Å². The van der Waals surface area contributed by atoms with E-state index in [4.69, 9.17) is 0 Å². The van der Waals surface area contributed by atoms with Crippen LogP contribution in [0.15, 0.2) is 53.4 Å². The lowest BCUT2D eigenvalue weighted by Gasteiger charge is -2.23. The molecule has 1 aliphatic heterocycles. The number of carbonyl (C=O) groups excluding carboxylic acids is 3. The van der Waals surface area contributed by atoms with Gasteiger partial charge in [-0.05, 0) is 43.3 Å². The second-order valence-electron chi connectivity index (χ2n) is 5.48. The molecular formula is C18H16N2O3S. The summed E-state index contributed by atoms with van der Waals surface area (Å²) in [6.45, 7) is 1.49. The SMILES string of the molecule is CC(=O)c1ccc(NC(=O)C[C@H]2Sc3ccccc3NC2=O)cc1. The summed E-state index contributed by atoms with van der Waals surface area (Å²) in [7, 11) is 0. The molecule has 1 aliphatic rings. The predicted molar refractivity (Wildman–Crippen MR) is 94.4 cm³/mol. The number of hydrogen-bond donors (Lipinski definition) is 2. The molecule has 0 fully saturated rings. The third-order valence-electron chi connectivity index (χ3n) is 3.65. The van der Waals surface area contributed by atoms with Crippen molar-refractivity contribution in [1.82, 2.24) is 0 Å². The highest BCUT2D eigenvalue weighted by molar-refractivity contribution is 8.01. The summed E-state index contributed by atoms with van der Waals surface area (Å²) < 4.78 is 0. The van der Waals surface area contributed by atoms with Gasteiger partial charge in [-0.25, -0.2) is 0 Å². The van der Waals surface area contributed by atoms with Crippen molar-refractivity contribution in [2.75, 3.05) is 10.6 Å². The van der Waals surface area contributed by atoms with E-state index in [1.54, 1.807) is 24.3 Å². The number of hydrogen-bond acceptors (Lipinski definition) is 4. The average molecular weight is 340 g/mol. The van der Waals surface area contributed by atoms with Crippen molar-refractivity contribution in [3.8, 4) is 0 Å². The van der Waals surface area contributed by atoms with Gasteiger partial charge in [0.05, 0.1) is 10.9 Å². The van der Waals surface area contributed by atoms with Crippen molar-refractivity contribution in [3.05, 3.63) is 54.1 Å². The molecular weight excluding hydrogens is 324 g/mol. The number of anilines is 2. The third kappa shape index (κ3) is 3.65. The van der Waals surface area contributed by atoms with E-state index >= 15 is 0 Å². The molecule has 122 valence electrons. The number of nitrogens with one attached hydrogen (secondary N) is 2. The van der Waals surface area contributed by atoms with E-state index in [-0.39, 0.29) is 24.0 Å². The Morgan fingerprint density at radius 3 is 2.54 bits per heavy atom. The van der Waals surface area contributed by atoms with E-state index in [1.807, 2.05) is 24.3 Å². The molecule has 24 heavy (non-hydrogen) atoms. The molecule has 2 aromatic rings. The van der Waals surface area contributed by atoms with Gasteiger partial charge in [-0.1, -0.05) is 12.1 Å². The fourth-order valence-corrected chi connectivity index (χ4v) is 3.51. The number of carbonyl (C=O) groups is 3. The van der Waals surface area contributed by atoms with Crippen LogP contribution in [0.25, 0.3) is 0 Å². The van der Waals surface area contributed by atoms with E-state index in [9.17, 15) is 14.4 Å². The van der Waals surface area contributed by atoms with E-state index in [0.717, 1.165) is 10.6 Å². The highest BCUT2D eigenvalue weighted by Crippen LogP contribution is 2.36. The molecule has 3 rings (SSSR count). The molecule has 0 saturated heterocycles. The first-order valence-corrected chi connectivity index (χ1v) is 8.38. The number of para-hydroxylation sites is 1. The lowest BCUT2D eigenvalue weighted by atomic mass is 10.1. The smallest absolute Gasteiger partial charge is 0.238 e. The van der Waals surface area contributed by atoms with Crippen LogP contribution in [0, 0.1) is 0 Å². The van der Waals surface area contributed by atoms with E-state index in [0.29, 0.717) is 11.3 Å². The van der Waals surface area contributed by atoms with E-state index < -0.39 is 5.25 Å². The summed E-state index contributed by atoms with van der Waals surface area (Å²) >= 11 is 1.39. The Kier molecular flexibility index (Phi) is 4.66. The number of Topliss-reactive ketones (excluding diaryl/α,β-unsaturated/α-hetero) is 1. The molecule has 0 unspecified atom stereocenters. The summed E-state index contributed by atoms with van der Waals surface area (Å²) in [6, 6.07) is 14.2. The molecule has 0 aromatic heterocycles. The van der Waals surface area contributed by atoms with Crippen LogP contribution in [-0.2, 0) is 9.59 Å². The Labute approximate surface area is 143 Å². The first-order chi connectivity index (χ1) is 11.5. The maximum atomic E-state index is 12.2. The van der Waals surface area contributed by atoms with Gasteiger partial charge in [0, 0.05) is 22.6 Å². The van der Waals surface area contributed by atoms with Crippen LogP contribution in [0.4, 0.5) is 11.4 Å². The Morgan fingerprint density at radius 2 is 1.83 bits per heavy atom. The number of ketones is 1. The van der Waals surface area contributed by atoms with Gasteiger partial charge in [0.2, 0.25) is 11.8 Å². The standard InChI is InChI=1S/C18H16N2O3S/c1-11(21)12-6-8-13(9-7-12)19-17(22)10-16-18(23)20-14-4-2-3-5-15(14)24-16/h2-9,16H,10H2,1H3,(H,19,22)(H,20,23)/t16-/m1/s1. The van der Waals surface area contributed by atoms with Gasteiger partial charge < -0.3 is 10.6 Å². The molecule has 2 amide bonds. The zero-order valence-electron chi connectivity index (χ0n) is 13.0. The Balaban J connectivity index is 1.63.